The minimum atomic E-state index is -0.372. The predicted octanol–water partition coefficient (Wildman–Crippen LogP) is 6.18. The number of methoxy groups -OCH3 is 1. The number of piperazine rings is 1. The summed E-state index contributed by atoms with van der Waals surface area (Å²) in [6, 6.07) is 16.0. The Balaban J connectivity index is 1.40. The molecule has 3 aromatic carbocycles. The van der Waals surface area contributed by atoms with Crippen molar-refractivity contribution >= 4 is 58.0 Å². The summed E-state index contributed by atoms with van der Waals surface area (Å²) in [5.41, 5.74) is 3.40. The lowest BCUT2D eigenvalue weighted by Crippen LogP contribution is -2.49. The molecule has 1 saturated heterocycles. The number of hydrogen-bond donors (Lipinski definition) is 1. The number of ether oxygens (including phenoxy) is 1. The lowest BCUT2D eigenvalue weighted by atomic mass is 10.1. The molecule has 35 heavy (non-hydrogen) atoms. The van der Waals surface area contributed by atoms with Gasteiger partial charge in [0.25, 0.3) is 11.8 Å². The number of hydrogen-bond acceptors (Lipinski definition) is 4. The molecule has 0 aliphatic carbocycles. The summed E-state index contributed by atoms with van der Waals surface area (Å²) in [5, 5.41) is 3.82. The summed E-state index contributed by atoms with van der Waals surface area (Å²) in [7, 11) is 1.46. The summed E-state index contributed by atoms with van der Waals surface area (Å²) in [6.45, 7) is 4.46. The predicted molar refractivity (Wildman–Crippen MR) is 142 cm³/mol. The summed E-state index contributed by atoms with van der Waals surface area (Å²) >= 11 is 18.9. The van der Waals surface area contributed by atoms with Crippen LogP contribution in [0, 0.1) is 6.92 Å². The molecule has 9 heteroatoms. The number of carbonyl (C=O) groups excluding carboxylic acids is 2. The summed E-state index contributed by atoms with van der Waals surface area (Å²) in [6.07, 6.45) is 0. The number of nitrogens with zero attached hydrogens (tertiary/aromatic N) is 2. The number of anilines is 2. The number of amides is 2. The van der Waals surface area contributed by atoms with Gasteiger partial charge in [0.1, 0.15) is 0 Å². The Morgan fingerprint density at radius 3 is 2.14 bits per heavy atom. The topological polar surface area (TPSA) is 61.9 Å². The number of aryl methyl sites for hydroxylation is 1. The number of rotatable bonds is 5. The molecule has 0 spiro atoms. The standard InChI is InChI=1S/C26H24Cl3N3O3/c1-16-5-3-4-6-19(16)26(34)32-11-9-31(10-12-32)23-8-7-18(15-20(23)27)30-25(33)17-13-21(28)24(35-2)22(29)14-17/h3-8,13-15H,9-12H2,1-2H3,(H,30,33). The second-order valence-corrected chi connectivity index (χ2v) is 9.41. The Hall–Kier alpha value is -2.93. The monoisotopic (exact) mass is 531 g/mol. The van der Waals surface area contributed by atoms with Crippen molar-refractivity contribution in [2.45, 2.75) is 6.92 Å². The third-order valence-electron chi connectivity index (χ3n) is 5.95. The molecule has 1 aliphatic heterocycles. The average molecular weight is 533 g/mol. The van der Waals surface area contributed by atoms with E-state index in [2.05, 4.69) is 10.2 Å². The molecule has 1 N–H and O–H groups in total. The van der Waals surface area contributed by atoms with E-state index in [0.29, 0.717) is 48.2 Å². The van der Waals surface area contributed by atoms with Gasteiger partial charge in [0, 0.05) is 43.0 Å². The van der Waals surface area contributed by atoms with Gasteiger partial charge in [-0.2, -0.15) is 0 Å². The van der Waals surface area contributed by atoms with E-state index >= 15 is 0 Å². The summed E-state index contributed by atoms with van der Waals surface area (Å²) in [4.78, 5) is 29.6. The van der Waals surface area contributed by atoms with Gasteiger partial charge in [0.05, 0.1) is 27.9 Å². The molecule has 1 fully saturated rings. The number of nitrogens with one attached hydrogen (secondary N) is 1. The number of benzene rings is 3. The molecule has 0 aromatic heterocycles. The van der Waals surface area contributed by atoms with Crippen LogP contribution in [0.1, 0.15) is 26.3 Å². The van der Waals surface area contributed by atoms with Crippen LogP contribution in [-0.2, 0) is 0 Å². The zero-order chi connectivity index (χ0) is 25.1. The van der Waals surface area contributed by atoms with Gasteiger partial charge in [-0.15, -0.1) is 0 Å². The van der Waals surface area contributed by atoms with Gasteiger partial charge in [0.15, 0.2) is 5.75 Å². The normalized spacial score (nSPS) is 13.5. The third kappa shape index (κ3) is 5.50. The van der Waals surface area contributed by atoms with Crippen molar-refractivity contribution in [3.63, 3.8) is 0 Å². The van der Waals surface area contributed by atoms with E-state index in [1.807, 2.05) is 42.2 Å². The van der Waals surface area contributed by atoms with Crippen LogP contribution >= 0.6 is 34.8 Å². The van der Waals surface area contributed by atoms with Crippen molar-refractivity contribution in [2.24, 2.45) is 0 Å². The van der Waals surface area contributed by atoms with Crippen LogP contribution in [0.5, 0.6) is 5.75 Å². The summed E-state index contributed by atoms with van der Waals surface area (Å²) < 4.78 is 5.12. The molecule has 182 valence electrons. The maximum Gasteiger partial charge on any atom is 0.255 e. The van der Waals surface area contributed by atoms with E-state index < -0.39 is 0 Å². The number of carbonyl (C=O) groups is 2. The molecule has 0 unspecified atom stereocenters. The maximum atomic E-state index is 12.9. The first-order valence-electron chi connectivity index (χ1n) is 11.0. The second kappa shape index (κ2) is 10.8. The van der Waals surface area contributed by atoms with Gasteiger partial charge in [-0.1, -0.05) is 53.0 Å². The third-order valence-corrected chi connectivity index (χ3v) is 6.82. The zero-order valence-electron chi connectivity index (χ0n) is 19.3. The van der Waals surface area contributed by atoms with E-state index in [1.54, 1.807) is 12.1 Å². The molecule has 0 saturated carbocycles. The molecule has 3 aromatic rings. The Bertz CT molecular complexity index is 1250. The highest BCUT2D eigenvalue weighted by Gasteiger charge is 2.24. The minimum Gasteiger partial charge on any atom is -0.494 e. The van der Waals surface area contributed by atoms with Crippen molar-refractivity contribution in [3.05, 3.63) is 86.4 Å². The quantitative estimate of drug-likeness (QED) is 0.426. The smallest absolute Gasteiger partial charge is 0.255 e. The van der Waals surface area contributed by atoms with Crippen molar-refractivity contribution in [1.82, 2.24) is 4.90 Å². The molecule has 0 atom stereocenters. The fraction of sp³-hybridized carbons (Fsp3) is 0.231. The Labute approximate surface area is 219 Å². The fourth-order valence-corrected chi connectivity index (χ4v) is 5.01. The van der Waals surface area contributed by atoms with Gasteiger partial charge in [-0.25, -0.2) is 0 Å². The van der Waals surface area contributed by atoms with Gasteiger partial charge < -0.3 is 19.9 Å². The highest BCUT2D eigenvalue weighted by molar-refractivity contribution is 6.38. The lowest BCUT2D eigenvalue weighted by molar-refractivity contribution is 0.0746. The molecule has 0 bridgehead atoms. The first-order valence-corrected chi connectivity index (χ1v) is 12.2. The molecule has 6 nitrogen and oxygen atoms in total. The second-order valence-electron chi connectivity index (χ2n) is 8.19. The highest BCUT2D eigenvalue weighted by atomic mass is 35.5. The molecular weight excluding hydrogens is 509 g/mol. The van der Waals surface area contributed by atoms with Crippen molar-refractivity contribution in [3.8, 4) is 5.75 Å². The molecule has 0 radical (unpaired) electrons. The van der Waals surface area contributed by atoms with Gasteiger partial charge in [-0.3, -0.25) is 9.59 Å². The SMILES string of the molecule is COc1c(Cl)cc(C(=O)Nc2ccc(N3CCN(C(=O)c4ccccc4C)CC3)c(Cl)c2)cc1Cl. The van der Waals surface area contributed by atoms with Crippen molar-refractivity contribution in [1.29, 1.82) is 0 Å². The molecular formula is C26H24Cl3N3O3. The van der Waals surface area contributed by atoms with Crippen LogP contribution in [0.3, 0.4) is 0 Å². The molecule has 1 heterocycles. The first-order chi connectivity index (χ1) is 16.8. The van der Waals surface area contributed by atoms with Crippen LogP contribution in [0.15, 0.2) is 54.6 Å². The van der Waals surface area contributed by atoms with E-state index in [9.17, 15) is 9.59 Å². The van der Waals surface area contributed by atoms with Crippen molar-refractivity contribution in [2.75, 3.05) is 43.5 Å². The van der Waals surface area contributed by atoms with E-state index in [-0.39, 0.29) is 21.9 Å². The molecule has 2 amide bonds. The summed E-state index contributed by atoms with van der Waals surface area (Å²) in [5.74, 6) is -0.00720. The van der Waals surface area contributed by atoms with E-state index in [0.717, 1.165) is 16.8 Å². The Kier molecular flexibility index (Phi) is 7.75. The molecule has 1 aliphatic rings. The van der Waals surface area contributed by atoms with Crippen molar-refractivity contribution < 1.29 is 14.3 Å². The van der Waals surface area contributed by atoms with E-state index in [1.165, 1.54) is 19.2 Å². The lowest BCUT2D eigenvalue weighted by Gasteiger charge is -2.36. The Morgan fingerprint density at radius 2 is 1.54 bits per heavy atom. The van der Waals surface area contributed by atoms with Crippen LogP contribution in [0.2, 0.25) is 15.1 Å². The van der Waals surface area contributed by atoms with Crippen LogP contribution in [-0.4, -0.2) is 50.0 Å². The molecule has 4 rings (SSSR count). The largest absolute Gasteiger partial charge is 0.494 e. The Morgan fingerprint density at radius 1 is 0.886 bits per heavy atom. The number of halogens is 3. The van der Waals surface area contributed by atoms with Gasteiger partial charge in [0.2, 0.25) is 0 Å². The first kappa shape index (κ1) is 25.2. The van der Waals surface area contributed by atoms with Gasteiger partial charge in [-0.05, 0) is 48.9 Å². The fourth-order valence-electron chi connectivity index (χ4n) is 4.06. The highest BCUT2D eigenvalue weighted by Crippen LogP contribution is 2.34. The van der Waals surface area contributed by atoms with Crippen LogP contribution in [0.4, 0.5) is 11.4 Å². The average Bonchev–Trinajstić information content (AvgIpc) is 2.84. The van der Waals surface area contributed by atoms with Crippen LogP contribution < -0.4 is 15.0 Å². The zero-order valence-corrected chi connectivity index (χ0v) is 21.5. The maximum absolute atomic E-state index is 12.9. The minimum absolute atomic E-state index is 0.0469. The van der Waals surface area contributed by atoms with E-state index in [4.69, 9.17) is 39.5 Å². The van der Waals surface area contributed by atoms with Crippen LogP contribution in [0.25, 0.3) is 0 Å². The van der Waals surface area contributed by atoms with Gasteiger partial charge >= 0.3 is 0 Å².